The Morgan fingerprint density at radius 1 is 1.14 bits per heavy atom. The van der Waals surface area contributed by atoms with Crippen molar-refractivity contribution in [1.82, 2.24) is 14.8 Å². The fourth-order valence-electron chi connectivity index (χ4n) is 5.38. The Balaban J connectivity index is 1.49. The van der Waals surface area contributed by atoms with Gasteiger partial charge in [-0.25, -0.2) is 0 Å². The number of carbonyl (C=O) groups excluding carboxylic acids is 1. The summed E-state index contributed by atoms with van der Waals surface area (Å²) in [4.78, 5) is 15.0. The Morgan fingerprint density at radius 3 is 2.62 bits per heavy atom. The first-order chi connectivity index (χ1) is 14.1. The monoisotopic (exact) mass is 395 g/mol. The number of amides is 1. The molecule has 0 bridgehead atoms. The lowest BCUT2D eigenvalue weighted by molar-refractivity contribution is -0.132. The molecule has 4 nitrogen and oxygen atoms in total. The van der Waals surface area contributed by atoms with E-state index in [2.05, 4.69) is 47.3 Å². The largest absolute Gasteiger partial charge is 0.347 e. The van der Waals surface area contributed by atoms with Crippen LogP contribution in [0.3, 0.4) is 0 Å². The predicted octanol–water partition coefficient (Wildman–Crippen LogP) is 4.93. The number of carbonyl (C=O) groups is 1. The van der Waals surface area contributed by atoms with Gasteiger partial charge in [0, 0.05) is 43.2 Å². The second-order valence-corrected chi connectivity index (χ2v) is 9.35. The van der Waals surface area contributed by atoms with Gasteiger partial charge in [-0.15, -0.1) is 0 Å². The van der Waals surface area contributed by atoms with Crippen molar-refractivity contribution in [3.63, 3.8) is 0 Å². The minimum Gasteiger partial charge on any atom is -0.347 e. The summed E-state index contributed by atoms with van der Waals surface area (Å²) in [6, 6.07) is 9.15. The number of hydrogen-bond donors (Lipinski definition) is 1. The average molecular weight is 396 g/mol. The van der Waals surface area contributed by atoms with Gasteiger partial charge in [-0.3, -0.25) is 4.79 Å². The summed E-state index contributed by atoms with van der Waals surface area (Å²) in [5.41, 5.74) is 2.67. The molecule has 2 aliphatic rings. The number of para-hydroxylation sites is 1. The van der Waals surface area contributed by atoms with Gasteiger partial charge in [-0.05, 0) is 62.2 Å². The highest BCUT2D eigenvalue weighted by Crippen LogP contribution is 2.33. The topological polar surface area (TPSA) is 37.3 Å². The van der Waals surface area contributed by atoms with Gasteiger partial charge in [0.1, 0.15) is 0 Å². The number of fused-ring (bicyclic) bond motifs is 1. The number of nitrogens with one attached hydrogen (secondary N) is 1. The molecule has 1 aromatic carbocycles. The van der Waals surface area contributed by atoms with E-state index in [1.54, 1.807) is 0 Å². The Morgan fingerprint density at radius 2 is 1.86 bits per heavy atom. The molecule has 4 rings (SSSR count). The lowest BCUT2D eigenvalue weighted by Crippen LogP contribution is -2.44. The van der Waals surface area contributed by atoms with E-state index >= 15 is 0 Å². The van der Waals surface area contributed by atoms with Gasteiger partial charge in [0.05, 0.1) is 0 Å². The quantitative estimate of drug-likeness (QED) is 0.753. The lowest BCUT2D eigenvalue weighted by atomic mass is 9.89. The molecule has 1 aliphatic carbocycles. The van der Waals surface area contributed by atoms with Crippen LogP contribution in [0.15, 0.2) is 30.5 Å². The Labute approximate surface area is 175 Å². The summed E-state index contributed by atoms with van der Waals surface area (Å²) in [7, 11) is 2.00. The van der Waals surface area contributed by atoms with Crippen LogP contribution in [0, 0.1) is 5.92 Å². The highest BCUT2D eigenvalue weighted by atomic mass is 16.2. The van der Waals surface area contributed by atoms with E-state index < -0.39 is 0 Å². The van der Waals surface area contributed by atoms with E-state index in [9.17, 15) is 4.79 Å². The van der Waals surface area contributed by atoms with Gasteiger partial charge in [0.2, 0.25) is 5.91 Å². The van der Waals surface area contributed by atoms with Crippen LogP contribution in [0.4, 0.5) is 0 Å². The molecule has 2 aromatic rings. The molecule has 158 valence electrons. The van der Waals surface area contributed by atoms with Crippen molar-refractivity contribution in [2.45, 2.75) is 76.8 Å². The van der Waals surface area contributed by atoms with E-state index in [-0.39, 0.29) is 11.8 Å². The molecule has 1 aromatic heterocycles. The van der Waals surface area contributed by atoms with E-state index in [0.29, 0.717) is 12.5 Å². The van der Waals surface area contributed by atoms with Crippen LogP contribution >= 0.6 is 0 Å². The van der Waals surface area contributed by atoms with E-state index in [0.717, 1.165) is 38.4 Å². The summed E-state index contributed by atoms with van der Waals surface area (Å²) >= 11 is 0. The zero-order chi connectivity index (χ0) is 20.2. The summed E-state index contributed by atoms with van der Waals surface area (Å²) in [6.07, 6.45) is 12.0. The molecule has 1 N–H and O–H groups in total. The standard InChI is InChI=1S/C25H37N3O/c1-19(16-25(29)27(2)21-12-14-26-15-13-21)23-18-28(17-20-8-4-3-5-9-20)24-11-7-6-10-22(23)24/h6-7,10-11,18-21,26H,3-5,8-9,12-17H2,1-2H3. The Kier molecular flexibility index (Phi) is 6.59. The first kappa shape index (κ1) is 20.5. The average Bonchev–Trinajstić information content (AvgIpc) is 3.13. The van der Waals surface area contributed by atoms with E-state index in [4.69, 9.17) is 0 Å². The van der Waals surface area contributed by atoms with Crippen LogP contribution in [0.2, 0.25) is 0 Å². The van der Waals surface area contributed by atoms with Crippen molar-refractivity contribution in [3.05, 3.63) is 36.0 Å². The normalized spacial score (nSPS) is 20.1. The molecule has 4 heteroatoms. The number of rotatable bonds is 6. The van der Waals surface area contributed by atoms with Gasteiger partial charge in [-0.1, -0.05) is 44.4 Å². The third-order valence-corrected chi connectivity index (χ3v) is 7.26. The van der Waals surface area contributed by atoms with E-state index in [1.165, 1.54) is 48.6 Å². The van der Waals surface area contributed by atoms with Crippen LogP contribution in [0.5, 0.6) is 0 Å². The van der Waals surface area contributed by atoms with Crippen LogP contribution < -0.4 is 5.32 Å². The maximum atomic E-state index is 13.0. The Hall–Kier alpha value is -1.81. The van der Waals surface area contributed by atoms with Crippen molar-refractivity contribution >= 4 is 16.8 Å². The van der Waals surface area contributed by atoms with Crippen molar-refractivity contribution in [2.24, 2.45) is 5.92 Å². The lowest BCUT2D eigenvalue weighted by Gasteiger charge is -2.32. The number of benzene rings is 1. The van der Waals surface area contributed by atoms with Crippen molar-refractivity contribution in [3.8, 4) is 0 Å². The molecule has 0 radical (unpaired) electrons. The first-order valence-electron chi connectivity index (χ1n) is 11.7. The maximum Gasteiger partial charge on any atom is 0.223 e. The molecule has 1 saturated carbocycles. The van der Waals surface area contributed by atoms with Gasteiger partial charge in [-0.2, -0.15) is 0 Å². The van der Waals surface area contributed by atoms with Crippen LogP contribution in [-0.2, 0) is 11.3 Å². The van der Waals surface area contributed by atoms with Crippen LogP contribution in [0.25, 0.3) is 10.9 Å². The molecule has 1 aliphatic heterocycles. The second-order valence-electron chi connectivity index (χ2n) is 9.35. The maximum absolute atomic E-state index is 13.0. The van der Waals surface area contributed by atoms with Gasteiger partial charge < -0.3 is 14.8 Å². The molecule has 1 saturated heterocycles. The zero-order valence-electron chi connectivity index (χ0n) is 18.2. The van der Waals surface area contributed by atoms with Crippen LogP contribution in [0.1, 0.15) is 69.8 Å². The molecule has 29 heavy (non-hydrogen) atoms. The number of hydrogen-bond acceptors (Lipinski definition) is 2. The molecule has 1 amide bonds. The highest BCUT2D eigenvalue weighted by molar-refractivity contribution is 5.86. The Bertz CT molecular complexity index is 815. The number of nitrogens with zero attached hydrogens (tertiary/aromatic N) is 2. The summed E-state index contributed by atoms with van der Waals surface area (Å²) in [6.45, 7) is 5.38. The highest BCUT2D eigenvalue weighted by Gasteiger charge is 2.25. The molecule has 1 unspecified atom stereocenters. The SMILES string of the molecule is CC(CC(=O)N(C)C1CCNCC1)c1cn(CC2CCCCC2)c2ccccc12. The summed E-state index contributed by atoms with van der Waals surface area (Å²) in [5, 5.41) is 4.72. The van der Waals surface area contributed by atoms with Gasteiger partial charge in [0.25, 0.3) is 0 Å². The van der Waals surface area contributed by atoms with E-state index in [1.807, 2.05) is 11.9 Å². The van der Waals surface area contributed by atoms with Crippen molar-refractivity contribution in [2.75, 3.05) is 20.1 Å². The summed E-state index contributed by atoms with van der Waals surface area (Å²) < 4.78 is 2.47. The van der Waals surface area contributed by atoms with Gasteiger partial charge >= 0.3 is 0 Å². The fraction of sp³-hybridized carbons (Fsp3) is 0.640. The predicted molar refractivity (Wildman–Crippen MR) is 120 cm³/mol. The van der Waals surface area contributed by atoms with Gasteiger partial charge in [0.15, 0.2) is 0 Å². The molecule has 2 heterocycles. The fourth-order valence-corrected chi connectivity index (χ4v) is 5.38. The van der Waals surface area contributed by atoms with Crippen molar-refractivity contribution in [1.29, 1.82) is 0 Å². The molecular weight excluding hydrogens is 358 g/mol. The smallest absolute Gasteiger partial charge is 0.223 e. The number of aromatic nitrogens is 1. The molecule has 0 spiro atoms. The molecule has 1 atom stereocenters. The first-order valence-corrected chi connectivity index (χ1v) is 11.7. The zero-order valence-corrected chi connectivity index (χ0v) is 18.2. The molecular formula is C25H37N3O. The minimum absolute atomic E-state index is 0.240. The third-order valence-electron chi connectivity index (χ3n) is 7.26. The second kappa shape index (κ2) is 9.34. The third kappa shape index (κ3) is 4.69. The van der Waals surface area contributed by atoms with Crippen molar-refractivity contribution < 1.29 is 4.79 Å². The minimum atomic E-state index is 0.240. The summed E-state index contributed by atoms with van der Waals surface area (Å²) in [5.74, 6) is 1.33. The number of piperidine rings is 1. The van der Waals surface area contributed by atoms with Crippen LogP contribution in [-0.4, -0.2) is 41.6 Å². The molecule has 2 fully saturated rings.